The molecule has 100 valence electrons. The van der Waals surface area contributed by atoms with Gasteiger partial charge in [0.05, 0.1) is 10.7 Å². The molecule has 0 heterocycles. The number of unbranched alkanes of at least 4 members (excludes halogenated alkanes) is 2. The molecule has 6 nitrogen and oxygen atoms in total. The zero-order valence-corrected chi connectivity index (χ0v) is 16.6. The van der Waals surface area contributed by atoms with Crippen molar-refractivity contribution in [2.45, 2.75) is 32.6 Å². The minimum atomic E-state index is -4.38. The van der Waals surface area contributed by atoms with Crippen LogP contribution in [0, 0.1) is 0 Å². The molecular formula is C8H18Na2O6S2. The Morgan fingerprint density at radius 3 is 1.94 bits per heavy atom. The van der Waals surface area contributed by atoms with E-state index in [9.17, 15) is 16.8 Å². The fraction of sp³-hybridized carbons (Fsp3) is 0.750. The average molecular weight is 320 g/mol. The normalized spacial score (nSPS) is 12.5. The minimum Gasteiger partial charge on any atom is -1.00 e. The van der Waals surface area contributed by atoms with Gasteiger partial charge in [-0.3, -0.25) is 9.11 Å². The Morgan fingerprint density at radius 2 is 1.61 bits per heavy atom. The van der Waals surface area contributed by atoms with Gasteiger partial charge < -0.3 is 2.85 Å². The van der Waals surface area contributed by atoms with Gasteiger partial charge in [0.1, 0.15) is 0 Å². The van der Waals surface area contributed by atoms with Gasteiger partial charge in [-0.25, -0.2) is 0 Å². The maximum atomic E-state index is 10.9. The molecule has 0 rings (SSSR count). The van der Waals surface area contributed by atoms with Crippen molar-refractivity contribution in [1.29, 1.82) is 0 Å². The molecule has 0 fully saturated rings. The first-order valence-electron chi connectivity index (χ1n) is 4.78. The van der Waals surface area contributed by atoms with Crippen LogP contribution < -0.4 is 59.1 Å². The molecular weight excluding hydrogens is 302 g/mol. The number of hydrogen-bond acceptors (Lipinski definition) is 4. The summed E-state index contributed by atoms with van der Waals surface area (Å²) < 4.78 is 59.8. The summed E-state index contributed by atoms with van der Waals surface area (Å²) >= 11 is 0. The molecule has 0 aromatic heterocycles. The monoisotopic (exact) mass is 320 g/mol. The molecule has 0 aromatic carbocycles. The Kier molecular flexibility index (Phi) is 15.3. The molecule has 0 spiro atoms. The Labute approximate surface area is 156 Å². The van der Waals surface area contributed by atoms with Gasteiger partial charge >= 0.3 is 59.1 Å². The van der Waals surface area contributed by atoms with Crippen LogP contribution in [0.4, 0.5) is 0 Å². The van der Waals surface area contributed by atoms with Crippen LogP contribution in [0.1, 0.15) is 35.5 Å². The first-order valence-corrected chi connectivity index (χ1v) is 7.83. The zero-order valence-electron chi connectivity index (χ0n) is 13.0. The van der Waals surface area contributed by atoms with Crippen LogP contribution in [0.3, 0.4) is 0 Å². The maximum absolute atomic E-state index is 10.9. The number of allylic oxidation sites excluding steroid dienone is 1. The van der Waals surface area contributed by atoms with Crippen molar-refractivity contribution in [3.05, 3.63) is 11.0 Å². The summed E-state index contributed by atoms with van der Waals surface area (Å²) in [6.45, 7) is 1.93. The maximum Gasteiger partial charge on any atom is 1.00 e. The molecule has 0 saturated heterocycles. The van der Waals surface area contributed by atoms with Crippen LogP contribution >= 0.6 is 0 Å². The Morgan fingerprint density at radius 1 is 1.11 bits per heavy atom. The smallest absolute Gasteiger partial charge is 1.00 e. The molecule has 0 aliphatic heterocycles. The minimum absolute atomic E-state index is 0. The third kappa shape index (κ3) is 14.0. The van der Waals surface area contributed by atoms with Gasteiger partial charge in [-0.05, 0) is 12.8 Å². The molecule has 0 amide bonds. The SMILES string of the molecule is CCCCCC(=CCS(=O)(=O)O)S(=O)(=O)O.[H-].[H-].[Na+].[Na+]. The summed E-state index contributed by atoms with van der Waals surface area (Å²) in [4.78, 5) is -0.362. The van der Waals surface area contributed by atoms with Crippen LogP contribution in [-0.2, 0) is 20.2 Å². The number of hydrogen-bond donors (Lipinski definition) is 2. The van der Waals surface area contributed by atoms with Crippen molar-refractivity contribution in [2.24, 2.45) is 0 Å². The second-order valence-electron chi connectivity index (χ2n) is 3.35. The summed E-state index contributed by atoms with van der Waals surface area (Å²) in [5.41, 5.74) is 0. The standard InChI is InChI=1S/C8H16O6S2.2Na.2H/c1-2-3-4-5-8(16(12,13)14)6-7-15(9,10)11;;;;/h6H,2-5,7H2,1H3,(H,9,10,11)(H,12,13,14);;;;/q;2*+1;2*-1. The summed E-state index contributed by atoms with van der Waals surface area (Å²) in [6.07, 6.45) is 3.08. The Bertz CT molecular complexity index is 450. The van der Waals surface area contributed by atoms with Crippen molar-refractivity contribution in [3.8, 4) is 0 Å². The third-order valence-corrected chi connectivity index (χ3v) is 3.50. The van der Waals surface area contributed by atoms with Crippen LogP contribution in [0.2, 0.25) is 0 Å². The third-order valence-electron chi connectivity index (χ3n) is 1.88. The van der Waals surface area contributed by atoms with E-state index in [2.05, 4.69) is 0 Å². The van der Waals surface area contributed by atoms with E-state index < -0.39 is 26.0 Å². The predicted octanol–water partition coefficient (Wildman–Crippen LogP) is -4.54. The molecule has 0 radical (unpaired) electrons. The van der Waals surface area contributed by atoms with E-state index in [1.165, 1.54) is 0 Å². The first kappa shape index (κ1) is 24.6. The molecule has 10 heteroatoms. The quantitative estimate of drug-likeness (QED) is 0.278. The number of rotatable bonds is 7. The van der Waals surface area contributed by atoms with Gasteiger partial charge in [-0.15, -0.1) is 0 Å². The van der Waals surface area contributed by atoms with E-state index in [1.54, 1.807) is 0 Å². The van der Waals surface area contributed by atoms with E-state index in [4.69, 9.17) is 9.11 Å². The van der Waals surface area contributed by atoms with Crippen LogP contribution in [0.15, 0.2) is 11.0 Å². The van der Waals surface area contributed by atoms with Gasteiger partial charge in [0, 0.05) is 0 Å². The Hall–Kier alpha value is 1.56. The van der Waals surface area contributed by atoms with Gasteiger partial charge in [0.15, 0.2) is 0 Å². The summed E-state index contributed by atoms with van der Waals surface area (Å²) in [7, 11) is -8.64. The van der Waals surface area contributed by atoms with Crippen LogP contribution in [0.5, 0.6) is 0 Å². The summed E-state index contributed by atoms with van der Waals surface area (Å²) in [5.74, 6) is -0.811. The molecule has 0 unspecified atom stereocenters. The second kappa shape index (κ2) is 11.2. The fourth-order valence-electron chi connectivity index (χ4n) is 1.08. The summed E-state index contributed by atoms with van der Waals surface area (Å²) in [5, 5.41) is 0. The molecule has 18 heavy (non-hydrogen) atoms. The molecule has 0 atom stereocenters. The fourth-order valence-corrected chi connectivity index (χ4v) is 2.30. The topological polar surface area (TPSA) is 109 Å². The van der Waals surface area contributed by atoms with Gasteiger partial charge in [0.2, 0.25) is 0 Å². The van der Waals surface area contributed by atoms with Crippen molar-refractivity contribution in [2.75, 3.05) is 5.75 Å². The zero-order chi connectivity index (χ0) is 12.8. The van der Waals surface area contributed by atoms with Gasteiger partial charge in [-0.2, -0.15) is 16.8 Å². The predicted molar refractivity (Wildman–Crippen MR) is 62.4 cm³/mol. The van der Waals surface area contributed by atoms with E-state index >= 15 is 0 Å². The molecule has 0 saturated carbocycles. The molecule has 2 N–H and O–H groups in total. The van der Waals surface area contributed by atoms with E-state index in [0.717, 1.165) is 18.9 Å². The first-order chi connectivity index (χ1) is 7.17. The second-order valence-corrected chi connectivity index (χ2v) is 6.32. The molecule has 0 bridgehead atoms. The molecule has 0 aromatic rings. The largest absolute Gasteiger partial charge is 1.00 e. The molecule has 0 aliphatic carbocycles. The molecule has 0 aliphatic rings. The van der Waals surface area contributed by atoms with Gasteiger partial charge in [0.25, 0.3) is 20.2 Å². The van der Waals surface area contributed by atoms with Crippen molar-refractivity contribution >= 4 is 20.2 Å². The van der Waals surface area contributed by atoms with Crippen molar-refractivity contribution in [3.63, 3.8) is 0 Å². The average Bonchev–Trinajstić information content (AvgIpc) is 2.07. The Balaban J connectivity index is -0.000000187. The van der Waals surface area contributed by atoms with Crippen LogP contribution in [-0.4, -0.2) is 31.7 Å². The van der Waals surface area contributed by atoms with Crippen molar-refractivity contribution < 1.29 is 87.9 Å². The van der Waals surface area contributed by atoms with E-state index in [0.29, 0.717) is 6.42 Å². The van der Waals surface area contributed by atoms with Gasteiger partial charge in [-0.1, -0.05) is 25.8 Å². The van der Waals surface area contributed by atoms with E-state index in [-0.39, 0.29) is 73.3 Å². The van der Waals surface area contributed by atoms with Crippen LogP contribution in [0.25, 0.3) is 0 Å². The van der Waals surface area contributed by atoms with Crippen molar-refractivity contribution in [1.82, 2.24) is 0 Å². The van der Waals surface area contributed by atoms with E-state index in [1.807, 2.05) is 6.92 Å². The summed E-state index contributed by atoms with van der Waals surface area (Å²) in [6, 6.07) is 0.